The molecule has 0 unspecified atom stereocenters. The molecule has 1 rings (SSSR count). The normalized spacial score (nSPS) is 12.1. The number of hydrogen-bond acceptors (Lipinski definition) is 2. The first kappa shape index (κ1) is 16.4. The molecular weight excluding hydrogens is 271 g/mol. The standard InChI is InChI=1S/C14H20F3NS/c1-11(2)9-12-3-5-13(6-4-12)10-18-7-8-19-14(15,16)17/h3-6,11,18H,7-10H2,1-2H3. The van der Waals surface area contributed by atoms with E-state index in [1.807, 2.05) is 12.1 Å². The van der Waals surface area contributed by atoms with Crippen molar-refractivity contribution in [3.63, 3.8) is 0 Å². The minimum absolute atomic E-state index is 0.0155. The van der Waals surface area contributed by atoms with Gasteiger partial charge in [0.05, 0.1) is 0 Å². The van der Waals surface area contributed by atoms with E-state index < -0.39 is 5.51 Å². The Hall–Kier alpha value is -0.680. The Kier molecular flexibility index (Phi) is 6.72. The highest BCUT2D eigenvalue weighted by Gasteiger charge is 2.27. The Balaban J connectivity index is 2.23. The van der Waals surface area contributed by atoms with Gasteiger partial charge in [0.2, 0.25) is 0 Å². The summed E-state index contributed by atoms with van der Waals surface area (Å²) < 4.78 is 35.7. The van der Waals surface area contributed by atoms with Crippen LogP contribution in [0.25, 0.3) is 0 Å². The zero-order valence-corrected chi connectivity index (χ0v) is 12.1. The van der Waals surface area contributed by atoms with Crippen LogP contribution >= 0.6 is 11.8 Å². The summed E-state index contributed by atoms with van der Waals surface area (Å²) >= 11 is 0.0155. The molecule has 0 aromatic heterocycles. The summed E-state index contributed by atoms with van der Waals surface area (Å²) in [4.78, 5) is 0. The number of nitrogens with one attached hydrogen (secondary N) is 1. The molecule has 0 radical (unpaired) electrons. The van der Waals surface area contributed by atoms with Crippen LogP contribution in [0.3, 0.4) is 0 Å². The third-order valence-electron chi connectivity index (χ3n) is 2.54. The van der Waals surface area contributed by atoms with E-state index in [1.54, 1.807) is 0 Å². The van der Waals surface area contributed by atoms with Crippen molar-refractivity contribution in [3.8, 4) is 0 Å². The van der Waals surface area contributed by atoms with Gasteiger partial charge in [-0.15, -0.1) is 0 Å². The van der Waals surface area contributed by atoms with Gasteiger partial charge < -0.3 is 5.32 Å². The van der Waals surface area contributed by atoms with Gasteiger partial charge in [0.1, 0.15) is 0 Å². The molecule has 0 fully saturated rings. The van der Waals surface area contributed by atoms with Crippen molar-refractivity contribution in [1.82, 2.24) is 5.32 Å². The predicted octanol–water partition coefficient (Wildman–Crippen LogP) is 4.23. The van der Waals surface area contributed by atoms with Gasteiger partial charge in [-0.1, -0.05) is 38.1 Å². The summed E-state index contributed by atoms with van der Waals surface area (Å²) in [6.45, 7) is 5.32. The minimum Gasteiger partial charge on any atom is -0.312 e. The van der Waals surface area contributed by atoms with E-state index in [9.17, 15) is 13.2 Å². The SMILES string of the molecule is CC(C)Cc1ccc(CNCCSC(F)(F)F)cc1. The molecule has 0 aliphatic carbocycles. The largest absolute Gasteiger partial charge is 0.441 e. The molecule has 1 N–H and O–H groups in total. The molecule has 1 aromatic carbocycles. The third kappa shape index (κ3) is 8.16. The van der Waals surface area contributed by atoms with Gasteiger partial charge in [0, 0.05) is 18.8 Å². The molecule has 0 atom stereocenters. The van der Waals surface area contributed by atoms with Crippen LogP contribution in [0.4, 0.5) is 13.2 Å². The Morgan fingerprint density at radius 3 is 2.21 bits per heavy atom. The van der Waals surface area contributed by atoms with Gasteiger partial charge in [-0.25, -0.2) is 0 Å². The number of thioether (sulfide) groups is 1. The van der Waals surface area contributed by atoms with E-state index in [0.29, 0.717) is 19.0 Å². The quantitative estimate of drug-likeness (QED) is 0.755. The second kappa shape index (κ2) is 7.80. The Bertz CT molecular complexity index is 360. The number of benzene rings is 1. The fraction of sp³-hybridized carbons (Fsp3) is 0.571. The number of halogens is 3. The molecule has 0 aliphatic rings. The Morgan fingerprint density at radius 1 is 1.11 bits per heavy atom. The Morgan fingerprint density at radius 2 is 1.68 bits per heavy atom. The number of rotatable bonds is 7. The van der Waals surface area contributed by atoms with Crippen molar-refractivity contribution < 1.29 is 13.2 Å². The maximum atomic E-state index is 11.9. The van der Waals surface area contributed by atoms with Crippen molar-refractivity contribution in [3.05, 3.63) is 35.4 Å². The zero-order chi connectivity index (χ0) is 14.3. The molecule has 108 valence electrons. The van der Waals surface area contributed by atoms with Gasteiger partial charge in [0.15, 0.2) is 0 Å². The Labute approximate surface area is 117 Å². The molecule has 1 aromatic rings. The van der Waals surface area contributed by atoms with E-state index in [2.05, 4.69) is 31.3 Å². The van der Waals surface area contributed by atoms with Gasteiger partial charge in [-0.05, 0) is 35.2 Å². The third-order valence-corrected chi connectivity index (χ3v) is 3.28. The molecule has 0 bridgehead atoms. The fourth-order valence-electron chi connectivity index (χ4n) is 1.74. The topological polar surface area (TPSA) is 12.0 Å². The summed E-state index contributed by atoms with van der Waals surface area (Å²) in [7, 11) is 0. The van der Waals surface area contributed by atoms with E-state index in [4.69, 9.17) is 0 Å². The zero-order valence-electron chi connectivity index (χ0n) is 11.3. The van der Waals surface area contributed by atoms with Crippen LogP contribution < -0.4 is 5.32 Å². The van der Waals surface area contributed by atoms with Crippen LogP contribution in [0.2, 0.25) is 0 Å². The van der Waals surface area contributed by atoms with Crippen LogP contribution in [-0.2, 0) is 13.0 Å². The first-order valence-corrected chi connectivity index (χ1v) is 7.34. The maximum Gasteiger partial charge on any atom is 0.441 e. The lowest BCUT2D eigenvalue weighted by Gasteiger charge is -2.08. The van der Waals surface area contributed by atoms with E-state index in [1.165, 1.54) is 5.56 Å². The van der Waals surface area contributed by atoms with E-state index >= 15 is 0 Å². The van der Waals surface area contributed by atoms with Crippen LogP contribution in [0.5, 0.6) is 0 Å². The molecule has 0 saturated heterocycles. The first-order valence-electron chi connectivity index (χ1n) is 6.36. The predicted molar refractivity (Wildman–Crippen MR) is 75.2 cm³/mol. The summed E-state index contributed by atoms with van der Waals surface area (Å²) in [5.41, 5.74) is -1.73. The van der Waals surface area contributed by atoms with Crippen molar-refractivity contribution in [2.45, 2.75) is 32.3 Å². The van der Waals surface area contributed by atoms with Crippen molar-refractivity contribution in [1.29, 1.82) is 0 Å². The molecule has 1 nitrogen and oxygen atoms in total. The summed E-state index contributed by atoms with van der Waals surface area (Å²) in [5, 5.41) is 3.01. The second-order valence-electron chi connectivity index (χ2n) is 4.89. The van der Waals surface area contributed by atoms with Gasteiger partial charge in [0.25, 0.3) is 0 Å². The molecule has 0 spiro atoms. The van der Waals surface area contributed by atoms with Crippen molar-refractivity contribution >= 4 is 11.8 Å². The first-order chi connectivity index (χ1) is 8.87. The van der Waals surface area contributed by atoms with Crippen LogP contribution in [0.15, 0.2) is 24.3 Å². The average molecular weight is 291 g/mol. The molecule has 0 aliphatic heterocycles. The lowest BCUT2D eigenvalue weighted by molar-refractivity contribution is -0.0327. The van der Waals surface area contributed by atoms with Crippen molar-refractivity contribution in [2.24, 2.45) is 5.92 Å². The lowest BCUT2D eigenvalue weighted by atomic mass is 10.0. The van der Waals surface area contributed by atoms with Crippen LogP contribution in [0, 0.1) is 5.92 Å². The second-order valence-corrected chi connectivity index (χ2v) is 6.05. The molecule has 0 saturated carbocycles. The molecule has 0 heterocycles. The summed E-state index contributed by atoms with van der Waals surface area (Å²) in [5.74, 6) is 0.679. The van der Waals surface area contributed by atoms with E-state index in [-0.39, 0.29) is 17.5 Å². The number of hydrogen-bond donors (Lipinski definition) is 1. The summed E-state index contributed by atoms with van der Waals surface area (Å²) in [6, 6.07) is 8.23. The van der Waals surface area contributed by atoms with Crippen LogP contribution in [0.1, 0.15) is 25.0 Å². The number of alkyl halides is 3. The highest BCUT2D eigenvalue weighted by atomic mass is 32.2. The van der Waals surface area contributed by atoms with Gasteiger partial charge in [-0.3, -0.25) is 0 Å². The van der Waals surface area contributed by atoms with Crippen LogP contribution in [-0.4, -0.2) is 17.8 Å². The monoisotopic (exact) mass is 291 g/mol. The maximum absolute atomic E-state index is 11.9. The molecular formula is C14H20F3NS. The molecule has 0 amide bonds. The lowest BCUT2D eigenvalue weighted by Crippen LogP contribution is -2.18. The molecule has 5 heteroatoms. The average Bonchev–Trinajstić information content (AvgIpc) is 2.28. The smallest absolute Gasteiger partial charge is 0.312 e. The fourth-order valence-corrected chi connectivity index (χ4v) is 2.21. The summed E-state index contributed by atoms with van der Waals surface area (Å²) in [6.07, 6.45) is 1.05. The minimum atomic E-state index is -4.12. The van der Waals surface area contributed by atoms with Crippen molar-refractivity contribution in [2.75, 3.05) is 12.3 Å². The molecule has 19 heavy (non-hydrogen) atoms. The van der Waals surface area contributed by atoms with Gasteiger partial charge >= 0.3 is 5.51 Å². The highest BCUT2D eigenvalue weighted by Crippen LogP contribution is 2.29. The highest BCUT2D eigenvalue weighted by molar-refractivity contribution is 8.00. The van der Waals surface area contributed by atoms with E-state index in [0.717, 1.165) is 12.0 Å². The van der Waals surface area contributed by atoms with Gasteiger partial charge in [-0.2, -0.15) is 13.2 Å².